The standard InChI is InChI=1S/C22H18F2N4O2S/c1-28-22-17(19(27-28)13-2-6-15(23)7-3-13)12-18(31-22)21(30)26-11-10-25-20(29)14-4-8-16(24)9-5-14/h2-9,12H,10-11H2,1H3,(H,25,29)(H,26,30). The number of thiophene rings is 1. The Balaban J connectivity index is 1.39. The lowest BCUT2D eigenvalue weighted by atomic mass is 10.1. The zero-order chi connectivity index (χ0) is 22.0. The van der Waals surface area contributed by atoms with Gasteiger partial charge in [0.1, 0.15) is 22.2 Å². The lowest BCUT2D eigenvalue weighted by Gasteiger charge is -2.06. The number of nitrogens with zero attached hydrogens (tertiary/aromatic N) is 2. The molecular formula is C22H18F2N4O2S. The van der Waals surface area contributed by atoms with Gasteiger partial charge in [-0.3, -0.25) is 14.3 Å². The number of hydrogen-bond donors (Lipinski definition) is 2. The van der Waals surface area contributed by atoms with Crippen LogP contribution in [0.15, 0.2) is 54.6 Å². The topological polar surface area (TPSA) is 76.0 Å². The monoisotopic (exact) mass is 440 g/mol. The molecule has 0 saturated carbocycles. The summed E-state index contributed by atoms with van der Waals surface area (Å²) in [6.45, 7) is 0.471. The molecule has 0 unspecified atom stereocenters. The van der Waals surface area contributed by atoms with Gasteiger partial charge < -0.3 is 10.6 Å². The van der Waals surface area contributed by atoms with Crippen LogP contribution in [0.3, 0.4) is 0 Å². The van der Waals surface area contributed by atoms with Crippen molar-refractivity contribution in [2.75, 3.05) is 13.1 Å². The van der Waals surface area contributed by atoms with E-state index in [1.54, 1.807) is 29.9 Å². The minimum absolute atomic E-state index is 0.231. The summed E-state index contributed by atoms with van der Waals surface area (Å²) in [5.41, 5.74) is 1.79. The van der Waals surface area contributed by atoms with Crippen LogP contribution in [0.5, 0.6) is 0 Å². The van der Waals surface area contributed by atoms with Crippen LogP contribution in [0.4, 0.5) is 8.78 Å². The predicted octanol–water partition coefficient (Wildman–Crippen LogP) is 3.74. The molecule has 0 saturated heterocycles. The highest BCUT2D eigenvalue weighted by Gasteiger charge is 2.18. The first-order valence-electron chi connectivity index (χ1n) is 9.47. The summed E-state index contributed by atoms with van der Waals surface area (Å²) < 4.78 is 27.8. The zero-order valence-corrected chi connectivity index (χ0v) is 17.3. The second-order valence-corrected chi connectivity index (χ2v) is 7.86. The molecule has 158 valence electrons. The summed E-state index contributed by atoms with van der Waals surface area (Å²) in [4.78, 5) is 25.9. The Morgan fingerprint density at radius 3 is 2.16 bits per heavy atom. The van der Waals surface area contributed by atoms with Gasteiger partial charge in [-0.15, -0.1) is 11.3 Å². The van der Waals surface area contributed by atoms with E-state index in [-0.39, 0.29) is 30.7 Å². The van der Waals surface area contributed by atoms with Crippen LogP contribution in [-0.4, -0.2) is 34.7 Å². The molecule has 4 aromatic rings. The highest BCUT2D eigenvalue weighted by atomic mass is 32.1. The number of nitrogens with one attached hydrogen (secondary N) is 2. The van der Waals surface area contributed by atoms with E-state index < -0.39 is 5.82 Å². The summed E-state index contributed by atoms with van der Waals surface area (Å²) in [7, 11) is 1.79. The molecule has 2 aromatic heterocycles. The lowest BCUT2D eigenvalue weighted by molar-refractivity contribution is 0.0929. The van der Waals surface area contributed by atoms with Crippen LogP contribution in [-0.2, 0) is 7.05 Å². The van der Waals surface area contributed by atoms with Crippen molar-refractivity contribution in [3.05, 3.63) is 76.7 Å². The van der Waals surface area contributed by atoms with Gasteiger partial charge in [-0.05, 0) is 54.6 Å². The van der Waals surface area contributed by atoms with Crippen molar-refractivity contribution >= 4 is 33.4 Å². The van der Waals surface area contributed by atoms with Crippen molar-refractivity contribution in [1.82, 2.24) is 20.4 Å². The first kappa shape index (κ1) is 20.7. The second-order valence-electron chi connectivity index (χ2n) is 6.83. The van der Waals surface area contributed by atoms with Gasteiger partial charge in [0.25, 0.3) is 11.8 Å². The number of halogens is 2. The number of aromatic nitrogens is 2. The molecule has 6 nitrogen and oxygen atoms in total. The van der Waals surface area contributed by atoms with Crippen LogP contribution < -0.4 is 10.6 Å². The summed E-state index contributed by atoms with van der Waals surface area (Å²) in [6.07, 6.45) is 0. The normalized spacial score (nSPS) is 10.9. The third-order valence-corrected chi connectivity index (χ3v) is 5.86. The van der Waals surface area contributed by atoms with Gasteiger partial charge in [-0.25, -0.2) is 8.78 Å². The Kier molecular flexibility index (Phi) is 5.77. The van der Waals surface area contributed by atoms with Gasteiger partial charge in [-0.1, -0.05) is 0 Å². The van der Waals surface area contributed by atoms with Gasteiger partial charge in [-0.2, -0.15) is 5.10 Å². The van der Waals surface area contributed by atoms with E-state index in [0.29, 0.717) is 16.1 Å². The van der Waals surface area contributed by atoms with Crippen LogP contribution >= 0.6 is 11.3 Å². The number of hydrogen-bond acceptors (Lipinski definition) is 4. The summed E-state index contributed by atoms with van der Waals surface area (Å²) in [6, 6.07) is 13.0. The van der Waals surface area contributed by atoms with Crippen LogP contribution in [0.25, 0.3) is 21.5 Å². The number of carbonyl (C=O) groups excluding carboxylic acids is 2. The molecule has 0 bridgehead atoms. The molecule has 0 atom stereocenters. The third kappa shape index (κ3) is 4.46. The minimum Gasteiger partial charge on any atom is -0.350 e. The fraction of sp³-hybridized carbons (Fsp3) is 0.136. The smallest absolute Gasteiger partial charge is 0.261 e. The van der Waals surface area contributed by atoms with E-state index in [1.165, 1.54) is 47.7 Å². The van der Waals surface area contributed by atoms with E-state index in [1.807, 2.05) is 0 Å². The van der Waals surface area contributed by atoms with Crippen molar-refractivity contribution < 1.29 is 18.4 Å². The Hall–Kier alpha value is -3.59. The third-order valence-electron chi connectivity index (χ3n) is 4.66. The van der Waals surface area contributed by atoms with E-state index in [2.05, 4.69) is 15.7 Å². The number of benzene rings is 2. The Bertz CT molecular complexity index is 1250. The average molecular weight is 440 g/mol. The second kappa shape index (κ2) is 8.65. The highest BCUT2D eigenvalue weighted by Crippen LogP contribution is 2.33. The Morgan fingerprint density at radius 2 is 1.52 bits per heavy atom. The number of fused-ring (bicyclic) bond motifs is 1. The predicted molar refractivity (Wildman–Crippen MR) is 115 cm³/mol. The highest BCUT2D eigenvalue weighted by molar-refractivity contribution is 7.20. The molecule has 9 heteroatoms. The molecule has 0 aliphatic carbocycles. The maximum absolute atomic E-state index is 13.2. The van der Waals surface area contributed by atoms with E-state index in [9.17, 15) is 18.4 Å². The molecule has 2 N–H and O–H groups in total. The minimum atomic E-state index is -0.412. The molecule has 0 aliphatic heterocycles. The molecule has 31 heavy (non-hydrogen) atoms. The fourth-order valence-corrected chi connectivity index (χ4v) is 4.10. The number of rotatable bonds is 6. The van der Waals surface area contributed by atoms with Gasteiger partial charge >= 0.3 is 0 Å². The Morgan fingerprint density at radius 1 is 0.935 bits per heavy atom. The molecular weight excluding hydrogens is 422 g/mol. The van der Waals surface area contributed by atoms with Crippen LogP contribution in [0, 0.1) is 11.6 Å². The SMILES string of the molecule is Cn1nc(-c2ccc(F)cc2)c2cc(C(=O)NCCNC(=O)c3ccc(F)cc3)sc21. The van der Waals surface area contributed by atoms with Crippen molar-refractivity contribution in [2.24, 2.45) is 7.05 Å². The van der Waals surface area contributed by atoms with E-state index >= 15 is 0 Å². The molecule has 2 aromatic carbocycles. The molecule has 2 amide bonds. The lowest BCUT2D eigenvalue weighted by Crippen LogP contribution is -2.34. The molecule has 0 fully saturated rings. The first-order chi connectivity index (χ1) is 14.9. The van der Waals surface area contributed by atoms with Crippen molar-refractivity contribution in [1.29, 1.82) is 0 Å². The molecule has 0 radical (unpaired) electrons. The fourth-order valence-electron chi connectivity index (χ4n) is 3.12. The van der Waals surface area contributed by atoms with Crippen molar-refractivity contribution in [2.45, 2.75) is 0 Å². The Labute approximate surface area is 180 Å². The van der Waals surface area contributed by atoms with Crippen LogP contribution in [0.2, 0.25) is 0 Å². The molecule has 2 heterocycles. The summed E-state index contributed by atoms with van der Waals surface area (Å²) in [5, 5.41) is 10.7. The molecule has 0 spiro atoms. The molecule has 4 rings (SSSR count). The molecule has 0 aliphatic rings. The van der Waals surface area contributed by atoms with Gasteiger partial charge in [0, 0.05) is 36.7 Å². The number of aryl methyl sites for hydroxylation is 1. The number of amides is 2. The maximum atomic E-state index is 13.2. The van der Waals surface area contributed by atoms with E-state index in [4.69, 9.17) is 0 Å². The quantitative estimate of drug-likeness (QED) is 0.449. The van der Waals surface area contributed by atoms with E-state index in [0.717, 1.165) is 15.8 Å². The maximum Gasteiger partial charge on any atom is 0.261 e. The average Bonchev–Trinajstić information content (AvgIpc) is 3.33. The first-order valence-corrected chi connectivity index (χ1v) is 10.3. The zero-order valence-electron chi connectivity index (χ0n) is 16.5. The summed E-state index contributed by atoms with van der Waals surface area (Å²) in [5.74, 6) is -1.34. The van der Waals surface area contributed by atoms with Crippen molar-refractivity contribution in [3.63, 3.8) is 0 Å². The number of carbonyl (C=O) groups is 2. The largest absolute Gasteiger partial charge is 0.350 e. The van der Waals surface area contributed by atoms with Gasteiger partial charge in [0.05, 0.1) is 4.88 Å². The summed E-state index contributed by atoms with van der Waals surface area (Å²) >= 11 is 1.30. The van der Waals surface area contributed by atoms with Crippen LogP contribution in [0.1, 0.15) is 20.0 Å². The van der Waals surface area contributed by atoms with Gasteiger partial charge in [0.15, 0.2) is 0 Å². The van der Waals surface area contributed by atoms with Crippen molar-refractivity contribution in [3.8, 4) is 11.3 Å². The van der Waals surface area contributed by atoms with Gasteiger partial charge in [0.2, 0.25) is 0 Å².